The number of carbonyl (C=O) groups excluding carboxylic acids is 3. The second-order valence-electron chi connectivity index (χ2n) is 5.95. The number of H-pyrrole nitrogens is 1. The molecule has 0 saturated heterocycles. The van der Waals surface area contributed by atoms with Gasteiger partial charge >= 0.3 is 11.9 Å². The molecule has 3 unspecified atom stereocenters. The van der Waals surface area contributed by atoms with Crippen LogP contribution in [0.5, 0.6) is 0 Å². The number of carboxylic acid groups (broad SMARTS) is 2. The van der Waals surface area contributed by atoms with Gasteiger partial charge in [0.25, 0.3) is 0 Å². The van der Waals surface area contributed by atoms with Crippen molar-refractivity contribution in [1.29, 1.82) is 0 Å². The number of imidazole rings is 1. The Bertz CT molecular complexity index is 720. The highest BCUT2D eigenvalue weighted by Crippen LogP contribution is 2.02. The SMILES string of the molecule is NC(=O)CC(NC(=O)C(N)CCC(=O)O)C(=O)NC(Cc1cnc[nH]1)C(=O)O. The lowest BCUT2D eigenvalue weighted by atomic mass is 10.1. The summed E-state index contributed by atoms with van der Waals surface area (Å²) in [6.45, 7) is 0. The van der Waals surface area contributed by atoms with Gasteiger partial charge in [-0.1, -0.05) is 0 Å². The van der Waals surface area contributed by atoms with Gasteiger partial charge in [-0.2, -0.15) is 0 Å². The maximum absolute atomic E-state index is 12.4. The molecule has 1 aromatic rings. The Morgan fingerprint density at radius 1 is 1.11 bits per heavy atom. The van der Waals surface area contributed by atoms with Crippen molar-refractivity contribution in [3.05, 3.63) is 18.2 Å². The minimum absolute atomic E-state index is 0.115. The van der Waals surface area contributed by atoms with Gasteiger partial charge in [-0.25, -0.2) is 9.78 Å². The first-order chi connectivity index (χ1) is 13.1. The lowest BCUT2D eigenvalue weighted by Gasteiger charge is -2.22. The Morgan fingerprint density at radius 2 is 1.75 bits per heavy atom. The molecule has 0 aliphatic rings. The Kier molecular flexibility index (Phi) is 8.55. The number of hydrogen-bond acceptors (Lipinski definition) is 7. The fraction of sp³-hybridized carbons (Fsp3) is 0.467. The second kappa shape index (κ2) is 10.6. The standard InChI is InChI=1S/C15H22N6O7/c16-8(1-2-12(23)24)13(25)20-9(4-11(17)22)14(26)21-10(15(27)28)3-7-5-18-6-19-7/h5-6,8-10H,1-4,16H2,(H2,17,22)(H,18,19)(H,20,25)(H,21,26)(H,23,24)(H,27,28). The Labute approximate surface area is 158 Å². The zero-order chi connectivity index (χ0) is 21.3. The third kappa shape index (κ3) is 7.82. The van der Waals surface area contributed by atoms with E-state index in [0.717, 1.165) is 0 Å². The van der Waals surface area contributed by atoms with Crippen LogP contribution in [0.1, 0.15) is 25.0 Å². The number of carbonyl (C=O) groups is 5. The summed E-state index contributed by atoms with van der Waals surface area (Å²) in [6.07, 6.45) is 1.45. The first kappa shape index (κ1) is 22.6. The minimum atomic E-state index is -1.47. The second-order valence-corrected chi connectivity index (χ2v) is 5.95. The van der Waals surface area contributed by atoms with Crippen LogP contribution < -0.4 is 22.1 Å². The molecule has 1 aromatic heterocycles. The molecule has 1 rings (SSSR count). The Hall–Kier alpha value is -3.48. The molecule has 1 heterocycles. The Morgan fingerprint density at radius 3 is 2.25 bits per heavy atom. The number of nitrogens with zero attached hydrogens (tertiary/aromatic N) is 1. The summed E-state index contributed by atoms with van der Waals surface area (Å²) in [7, 11) is 0. The number of hydrogen-bond donors (Lipinski definition) is 7. The molecule has 3 amide bonds. The summed E-state index contributed by atoms with van der Waals surface area (Å²) in [6, 6.07) is -4.06. The number of primary amides is 1. The summed E-state index contributed by atoms with van der Waals surface area (Å²) in [5.41, 5.74) is 11.1. The van der Waals surface area contributed by atoms with Gasteiger partial charge in [0.15, 0.2) is 0 Å². The first-order valence-corrected chi connectivity index (χ1v) is 8.16. The van der Waals surface area contributed by atoms with E-state index in [1.54, 1.807) is 0 Å². The van der Waals surface area contributed by atoms with E-state index < -0.39 is 54.2 Å². The molecule has 0 bridgehead atoms. The smallest absolute Gasteiger partial charge is 0.326 e. The van der Waals surface area contributed by atoms with Gasteiger partial charge in [0, 0.05) is 24.7 Å². The van der Waals surface area contributed by atoms with Crippen molar-refractivity contribution in [3.8, 4) is 0 Å². The maximum Gasteiger partial charge on any atom is 0.326 e. The van der Waals surface area contributed by atoms with Gasteiger partial charge in [-0.05, 0) is 6.42 Å². The van der Waals surface area contributed by atoms with Gasteiger partial charge in [0.1, 0.15) is 12.1 Å². The highest BCUT2D eigenvalue weighted by Gasteiger charge is 2.29. The normalized spacial score (nSPS) is 13.8. The summed E-state index contributed by atoms with van der Waals surface area (Å²) in [4.78, 5) is 64.0. The largest absolute Gasteiger partial charge is 0.481 e. The molecule has 154 valence electrons. The molecule has 3 atom stereocenters. The predicted octanol–water partition coefficient (Wildman–Crippen LogP) is -2.93. The van der Waals surface area contributed by atoms with Gasteiger partial charge in [-0.3, -0.25) is 19.2 Å². The van der Waals surface area contributed by atoms with Crippen LogP contribution in [-0.2, 0) is 30.4 Å². The number of aromatic nitrogens is 2. The van der Waals surface area contributed by atoms with Crippen molar-refractivity contribution in [2.75, 3.05) is 0 Å². The summed E-state index contributed by atoms with van der Waals surface area (Å²) >= 11 is 0. The molecule has 0 aromatic carbocycles. The monoisotopic (exact) mass is 398 g/mol. The number of nitrogens with two attached hydrogens (primary N) is 2. The van der Waals surface area contributed by atoms with Crippen LogP contribution in [0.4, 0.5) is 0 Å². The van der Waals surface area contributed by atoms with Crippen LogP contribution in [0.15, 0.2) is 12.5 Å². The van der Waals surface area contributed by atoms with E-state index in [0.29, 0.717) is 5.69 Å². The molecular formula is C15H22N6O7. The number of amides is 3. The van der Waals surface area contributed by atoms with Crippen molar-refractivity contribution in [1.82, 2.24) is 20.6 Å². The predicted molar refractivity (Wildman–Crippen MR) is 92.4 cm³/mol. The van der Waals surface area contributed by atoms with E-state index in [-0.39, 0.29) is 19.3 Å². The Balaban J connectivity index is 2.79. The molecule has 13 nitrogen and oxygen atoms in total. The molecule has 0 aliphatic heterocycles. The molecule has 28 heavy (non-hydrogen) atoms. The van der Waals surface area contributed by atoms with Crippen molar-refractivity contribution in [2.45, 2.75) is 43.8 Å². The molecule has 13 heteroatoms. The van der Waals surface area contributed by atoms with Crippen LogP contribution in [0.25, 0.3) is 0 Å². The van der Waals surface area contributed by atoms with Gasteiger partial charge < -0.3 is 37.3 Å². The van der Waals surface area contributed by atoms with E-state index in [4.69, 9.17) is 16.6 Å². The molecule has 0 aliphatic carbocycles. The average Bonchev–Trinajstić information content (AvgIpc) is 3.10. The van der Waals surface area contributed by atoms with Gasteiger partial charge in [0.2, 0.25) is 17.7 Å². The van der Waals surface area contributed by atoms with E-state index in [1.807, 2.05) is 0 Å². The first-order valence-electron chi connectivity index (χ1n) is 8.16. The molecule has 0 radical (unpaired) electrons. The fourth-order valence-corrected chi connectivity index (χ4v) is 2.19. The fourth-order valence-electron chi connectivity index (χ4n) is 2.19. The zero-order valence-electron chi connectivity index (χ0n) is 14.8. The molecule has 0 fully saturated rings. The highest BCUT2D eigenvalue weighted by molar-refractivity contribution is 5.94. The quantitative estimate of drug-likeness (QED) is 0.191. The maximum atomic E-state index is 12.4. The lowest BCUT2D eigenvalue weighted by Crippen LogP contribution is -2.55. The van der Waals surface area contributed by atoms with Crippen LogP contribution in [0.3, 0.4) is 0 Å². The number of rotatable bonds is 12. The molecule has 0 spiro atoms. The van der Waals surface area contributed by atoms with E-state index in [1.165, 1.54) is 12.5 Å². The van der Waals surface area contributed by atoms with Crippen molar-refractivity contribution >= 4 is 29.7 Å². The van der Waals surface area contributed by atoms with Gasteiger partial charge in [-0.15, -0.1) is 0 Å². The van der Waals surface area contributed by atoms with Crippen LogP contribution in [-0.4, -0.2) is 68.0 Å². The van der Waals surface area contributed by atoms with Crippen LogP contribution in [0.2, 0.25) is 0 Å². The van der Waals surface area contributed by atoms with Crippen LogP contribution in [0, 0.1) is 0 Å². The third-order valence-corrected chi connectivity index (χ3v) is 3.64. The highest BCUT2D eigenvalue weighted by atomic mass is 16.4. The molecular weight excluding hydrogens is 376 g/mol. The topological polar surface area (TPSA) is 231 Å². The summed E-state index contributed by atoms with van der Waals surface area (Å²) in [5, 5.41) is 22.3. The molecule has 0 saturated carbocycles. The lowest BCUT2D eigenvalue weighted by molar-refractivity contribution is -0.142. The van der Waals surface area contributed by atoms with Gasteiger partial charge in [0.05, 0.1) is 18.8 Å². The zero-order valence-corrected chi connectivity index (χ0v) is 14.8. The van der Waals surface area contributed by atoms with E-state index in [9.17, 15) is 29.1 Å². The number of carboxylic acids is 2. The number of nitrogens with one attached hydrogen (secondary N) is 3. The van der Waals surface area contributed by atoms with Crippen molar-refractivity contribution in [3.63, 3.8) is 0 Å². The average molecular weight is 398 g/mol. The minimum Gasteiger partial charge on any atom is -0.481 e. The van der Waals surface area contributed by atoms with E-state index >= 15 is 0 Å². The molecule has 9 N–H and O–H groups in total. The van der Waals surface area contributed by atoms with Crippen molar-refractivity contribution in [2.24, 2.45) is 11.5 Å². The third-order valence-electron chi connectivity index (χ3n) is 3.64. The van der Waals surface area contributed by atoms with Crippen LogP contribution >= 0.6 is 0 Å². The summed E-state index contributed by atoms with van der Waals surface area (Å²) < 4.78 is 0. The van der Waals surface area contributed by atoms with Crippen molar-refractivity contribution < 1.29 is 34.2 Å². The number of aliphatic carboxylic acids is 2. The summed E-state index contributed by atoms with van der Waals surface area (Å²) in [5.74, 6) is -5.24. The number of aromatic amines is 1. The van der Waals surface area contributed by atoms with E-state index in [2.05, 4.69) is 20.6 Å².